The second-order valence-electron chi connectivity index (χ2n) is 9.21. The van der Waals surface area contributed by atoms with Gasteiger partial charge in [-0.3, -0.25) is 13.9 Å². The highest BCUT2D eigenvalue weighted by atomic mass is 35.5. The zero-order valence-corrected chi connectivity index (χ0v) is 24.9. The number of methoxy groups -OCH3 is 1. The third kappa shape index (κ3) is 8.57. The zero-order chi connectivity index (χ0) is 30.8. The Morgan fingerprint density at radius 2 is 1.65 bits per heavy atom. The fraction of sp³-hybridized carbons (Fsp3) is 0.129. The van der Waals surface area contributed by atoms with Crippen molar-refractivity contribution in [1.82, 2.24) is 5.43 Å². The Labute approximate surface area is 254 Å². The van der Waals surface area contributed by atoms with Crippen LogP contribution < -0.4 is 24.5 Å². The van der Waals surface area contributed by atoms with Crippen molar-refractivity contribution in [3.63, 3.8) is 0 Å². The third-order valence-corrected chi connectivity index (χ3v) is 8.02. The molecular weight excluding hydrogens is 592 g/mol. The number of nitrogens with zero attached hydrogens (tertiary/aromatic N) is 2. The Morgan fingerprint density at radius 1 is 0.930 bits per heavy atom. The van der Waals surface area contributed by atoms with Crippen LogP contribution in [0.1, 0.15) is 11.1 Å². The molecule has 2 N–H and O–H groups in total. The first-order valence-electron chi connectivity index (χ1n) is 13.0. The normalized spacial score (nSPS) is 11.1. The third-order valence-electron chi connectivity index (χ3n) is 6.01. The van der Waals surface area contributed by atoms with Crippen LogP contribution in [0.3, 0.4) is 0 Å². The minimum atomic E-state index is -4.12. The van der Waals surface area contributed by atoms with Crippen molar-refractivity contribution in [2.75, 3.05) is 29.9 Å². The fourth-order valence-electron chi connectivity index (χ4n) is 3.88. The van der Waals surface area contributed by atoms with Crippen molar-refractivity contribution < 1.29 is 27.5 Å². The number of carbonyl (C=O) groups is 2. The van der Waals surface area contributed by atoms with Gasteiger partial charge in [-0.1, -0.05) is 47.5 Å². The predicted molar refractivity (Wildman–Crippen MR) is 166 cm³/mol. The Kier molecular flexibility index (Phi) is 10.4. The summed E-state index contributed by atoms with van der Waals surface area (Å²) in [7, 11) is -2.70. The summed E-state index contributed by atoms with van der Waals surface area (Å²) < 4.78 is 39.0. The van der Waals surface area contributed by atoms with Gasteiger partial charge in [0.25, 0.3) is 21.8 Å². The van der Waals surface area contributed by atoms with Crippen molar-refractivity contribution in [3.05, 3.63) is 113 Å². The summed E-state index contributed by atoms with van der Waals surface area (Å²) in [5, 5.41) is 7.17. The number of hydrazone groups is 1. The number of aryl methyl sites for hydroxylation is 1. The topological polar surface area (TPSA) is 126 Å². The van der Waals surface area contributed by atoms with Gasteiger partial charge in [-0.25, -0.2) is 13.8 Å². The van der Waals surface area contributed by atoms with Crippen LogP contribution in [-0.2, 0) is 19.6 Å². The van der Waals surface area contributed by atoms with Crippen LogP contribution >= 0.6 is 11.6 Å². The largest absolute Gasteiger partial charge is 0.495 e. The van der Waals surface area contributed by atoms with Gasteiger partial charge in [0.2, 0.25) is 0 Å². The van der Waals surface area contributed by atoms with Gasteiger partial charge >= 0.3 is 0 Å². The molecule has 2 amide bonds. The first-order valence-corrected chi connectivity index (χ1v) is 14.8. The highest BCUT2D eigenvalue weighted by molar-refractivity contribution is 7.92. The molecular formula is C31H29ClN4O6S. The van der Waals surface area contributed by atoms with Gasteiger partial charge in [0, 0.05) is 10.7 Å². The maximum atomic E-state index is 13.6. The number of rotatable bonds is 12. The van der Waals surface area contributed by atoms with Crippen LogP contribution in [0.5, 0.6) is 11.5 Å². The zero-order valence-electron chi connectivity index (χ0n) is 23.4. The molecule has 0 atom stereocenters. The summed E-state index contributed by atoms with van der Waals surface area (Å²) in [6, 6.07) is 26.3. The molecule has 222 valence electrons. The summed E-state index contributed by atoms with van der Waals surface area (Å²) >= 11 is 5.93. The number of halogens is 1. The van der Waals surface area contributed by atoms with Crippen LogP contribution in [0, 0.1) is 6.92 Å². The molecule has 0 spiro atoms. The summed E-state index contributed by atoms with van der Waals surface area (Å²) in [5.41, 5.74) is 4.67. The second kappa shape index (κ2) is 14.3. The average Bonchev–Trinajstić information content (AvgIpc) is 2.99. The standard InChI is InChI=1S/C31H29ClN4O6S/c1-22-10-16-27(17-11-22)43(39,40)36(28-8-3-4-9-29(28)41-2)20-30(37)35-33-19-23-12-14-26(15-13-23)42-21-31(38)34-25-7-5-6-24(32)18-25/h3-19H,20-21H2,1-2H3,(H,34,38)(H,35,37)/b33-19+. The lowest BCUT2D eigenvalue weighted by atomic mass is 10.2. The molecule has 12 heteroatoms. The van der Waals surface area contributed by atoms with Crippen LogP contribution in [0.25, 0.3) is 0 Å². The minimum absolute atomic E-state index is 0.0320. The van der Waals surface area contributed by atoms with E-state index in [1.54, 1.807) is 84.9 Å². The van der Waals surface area contributed by atoms with E-state index in [1.165, 1.54) is 25.5 Å². The number of sulfonamides is 1. The molecule has 0 unspecified atom stereocenters. The number of amides is 2. The lowest BCUT2D eigenvalue weighted by molar-refractivity contribution is -0.119. The molecule has 0 bridgehead atoms. The van der Waals surface area contributed by atoms with Gasteiger partial charge < -0.3 is 14.8 Å². The van der Waals surface area contributed by atoms with E-state index in [-0.39, 0.29) is 23.1 Å². The van der Waals surface area contributed by atoms with E-state index >= 15 is 0 Å². The molecule has 0 aliphatic carbocycles. The molecule has 4 aromatic rings. The quantitative estimate of drug-likeness (QED) is 0.169. The summed E-state index contributed by atoms with van der Waals surface area (Å²) in [6.07, 6.45) is 1.40. The van der Waals surface area contributed by atoms with Crippen molar-refractivity contribution in [3.8, 4) is 11.5 Å². The molecule has 0 aliphatic heterocycles. The van der Waals surface area contributed by atoms with Crippen molar-refractivity contribution in [2.24, 2.45) is 5.10 Å². The van der Waals surface area contributed by atoms with Crippen LogP contribution in [0.15, 0.2) is 107 Å². The number of anilines is 2. The number of para-hydroxylation sites is 2. The van der Waals surface area contributed by atoms with Gasteiger partial charge in [0.05, 0.1) is 23.9 Å². The van der Waals surface area contributed by atoms with Crippen LogP contribution in [-0.4, -0.2) is 46.7 Å². The van der Waals surface area contributed by atoms with Crippen LogP contribution in [0.2, 0.25) is 5.02 Å². The molecule has 0 radical (unpaired) electrons. The van der Waals surface area contributed by atoms with Crippen molar-refractivity contribution in [2.45, 2.75) is 11.8 Å². The fourth-order valence-corrected chi connectivity index (χ4v) is 5.50. The molecule has 0 saturated heterocycles. The minimum Gasteiger partial charge on any atom is -0.495 e. The lowest BCUT2D eigenvalue weighted by Gasteiger charge is -2.25. The van der Waals surface area contributed by atoms with E-state index < -0.39 is 22.5 Å². The number of carbonyl (C=O) groups excluding carboxylic acids is 2. The number of hydrogen-bond donors (Lipinski definition) is 2. The van der Waals surface area contributed by atoms with Crippen LogP contribution in [0.4, 0.5) is 11.4 Å². The Hall–Kier alpha value is -4.87. The number of benzene rings is 4. The molecule has 4 aromatic carbocycles. The lowest BCUT2D eigenvalue weighted by Crippen LogP contribution is -2.39. The van der Waals surface area contributed by atoms with E-state index in [0.717, 1.165) is 9.87 Å². The van der Waals surface area contributed by atoms with E-state index in [2.05, 4.69) is 15.8 Å². The summed E-state index contributed by atoms with van der Waals surface area (Å²) in [4.78, 5) is 25.0. The molecule has 43 heavy (non-hydrogen) atoms. The first-order chi connectivity index (χ1) is 20.7. The smallest absolute Gasteiger partial charge is 0.264 e. The van der Waals surface area contributed by atoms with Gasteiger partial charge in [0.15, 0.2) is 6.61 Å². The maximum Gasteiger partial charge on any atom is 0.264 e. The molecule has 10 nitrogen and oxygen atoms in total. The molecule has 4 rings (SSSR count). The van der Waals surface area contributed by atoms with E-state index in [4.69, 9.17) is 21.1 Å². The first kappa shape index (κ1) is 31.1. The molecule has 0 fully saturated rings. The molecule has 0 aliphatic rings. The average molecular weight is 621 g/mol. The van der Waals surface area contributed by atoms with Crippen molar-refractivity contribution >= 4 is 51.0 Å². The van der Waals surface area contributed by atoms with E-state index in [9.17, 15) is 18.0 Å². The van der Waals surface area contributed by atoms with Crippen molar-refractivity contribution in [1.29, 1.82) is 0 Å². The summed E-state index contributed by atoms with van der Waals surface area (Å²) in [5.74, 6) is -0.263. The number of hydrogen-bond acceptors (Lipinski definition) is 7. The van der Waals surface area contributed by atoms with E-state index in [0.29, 0.717) is 27.8 Å². The Morgan fingerprint density at radius 3 is 2.35 bits per heavy atom. The second-order valence-corrected chi connectivity index (χ2v) is 11.5. The maximum absolute atomic E-state index is 13.6. The number of ether oxygens (including phenoxy) is 2. The SMILES string of the molecule is COc1ccccc1N(CC(=O)N/N=C/c1ccc(OCC(=O)Nc2cccc(Cl)c2)cc1)S(=O)(=O)c1ccc(C)cc1. The number of nitrogens with one attached hydrogen (secondary N) is 2. The monoisotopic (exact) mass is 620 g/mol. The van der Waals surface area contributed by atoms with Gasteiger partial charge in [-0.2, -0.15) is 5.10 Å². The van der Waals surface area contributed by atoms with Gasteiger partial charge in [-0.05, 0) is 79.2 Å². The molecule has 0 saturated carbocycles. The van der Waals surface area contributed by atoms with E-state index in [1.807, 2.05) is 6.92 Å². The highest BCUT2D eigenvalue weighted by Crippen LogP contribution is 2.32. The Balaban J connectivity index is 1.37. The predicted octanol–water partition coefficient (Wildman–Crippen LogP) is 5.02. The molecule has 0 aromatic heterocycles. The van der Waals surface area contributed by atoms with Gasteiger partial charge in [-0.15, -0.1) is 0 Å². The Bertz CT molecular complexity index is 1710. The van der Waals surface area contributed by atoms with Gasteiger partial charge in [0.1, 0.15) is 18.0 Å². The summed E-state index contributed by atoms with van der Waals surface area (Å²) in [6.45, 7) is 1.10. The highest BCUT2D eigenvalue weighted by Gasteiger charge is 2.29. The molecule has 0 heterocycles.